The zero-order valence-electron chi connectivity index (χ0n) is 12.2. The number of ether oxygens (including phenoxy) is 1. The molecule has 0 aliphatic carbocycles. The molecule has 1 heteroatoms. The summed E-state index contributed by atoms with van der Waals surface area (Å²) < 4.78 is 5.90. The van der Waals surface area contributed by atoms with Crippen LogP contribution in [-0.2, 0) is 0 Å². The first-order valence-corrected chi connectivity index (χ1v) is 7.47. The van der Waals surface area contributed by atoms with Gasteiger partial charge in [-0.1, -0.05) is 71.1 Å². The summed E-state index contributed by atoms with van der Waals surface area (Å²) in [4.78, 5) is 0. The fourth-order valence-electron chi connectivity index (χ4n) is 2.15. The van der Waals surface area contributed by atoms with Gasteiger partial charge in [-0.25, -0.2) is 0 Å². The summed E-state index contributed by atoms with van der Waals surface area (Å²) in [5, 5.41) is 0. The molecule has 0 saturated heterocycles. The minimum absolute atomic E-state index is 0.533. The van der Waals surface area contributed by atoms with Crippen molar-refractivity contribution in [3.05, 3.63) is 29.8 Å². The van der Waals surface area contributed by atoms with Crippen LogP contribution in [0.1, 0.15) is 70.8 Å². The van der Waals surface area contributed by atoms with Gasteiger partial charge in [0.1, 0.15) is 5.75 Å². The average Bonchev–Trinajstić information content (AvgIpc) is 2.38. The van der Waals surface area contributed by atoms with E-state index in [4.69, 9.17) is 4.74 Å². The third-order valence-corrected chi connectivity index (χ3v) is 3.30. The Morgan fingerprint density at radius 3 is 2.33 bits per heavy atom. The molecule has 18 heavy (non-hydrogen) atoms. The molecule has 0 unspecified atom stereocenters. The molecule has 0 N–H and O–H groups in total. The quantitative estimate of drug-likeness (QED) is 0.521. The van der Waals surface area contributed by atoms with Crippen molar-refractivity contribution in [3.63, 3.8) is 0 Å². The standard InChI is InChI=1S/C17H28O/c1-4-5-6-7-8-11-14-18-17-13-10-9-12-16(17)15(2)3/h9-10,12-13,15H,4-8,11,14H2,1-3H3. The Labute approximate surface area is 113 Å². The smallest absolute Gasteiger partial charge is 0.122 e. The Morgan fingerprint density at radius 2 is 1.61 bits per heavy atom. The van der Waals surface area contributed by atoms with E-state index >= 15 is 0 Å². The van der Waals surface area contributed by atoms with Crippen LogP contribution in [-0.4, -0.2) is 6.61 Å². The average molecular weight is 248 g/mol. The first kappa shape index (κ1) is 15.1. The predicted octanol–water partition coefficient (Wildman–Crippen LogP) is 5.55. The number of rotatable bonds is 9. The Hall–Kier alpha value is -0.980. The van der Waals surface area contributed by atoms with Crippen molar-refractivity contribution < 1.29 is 4.74 Å². The third-order valence-electron chi connectivity index (χ3n) is 3.30. The van der Waals surface area contributed by atoms with E-state index < -0.39 is 0 Å². The van der Waals surface area contributed by atoms with E-state index in [9.17, 15) is 0 Å². The van der Waals surface area contributed by atoms with Gasteiger partial charge in [0.15, 0.2) is 0 Å². The van der Waals surface area contributed by atoms with Crippen molar-refractivity contribution >= 4 is 0 Å². The van der Waals surface area contributed by atoms with Gasteiger partial charge >= 0.3 is 0 Å². The summed E-state index contributed by atoms with van der Waals surface area (Å²) in [5.41, 5.74) is 1.32. The van der Waals surface area contributed by atoms with Crippen LogP contribution in [0, 0.1) is 0 Å². The molecule has 1 rings (SSSR count). The summed E-state index contributed by atoms with van der Waals surface area (Å²) in [6.45, 7) is 7.54. The zero-order chi connectivity index (χ0) is 13.2. The maximum atomic E-state index is 5.90. The van der Waals surface area contributed by atoms with E-state index in [0.29, 0.717) is 5.92 Å². The van der Waals surface area contributed by atoms with Gasteiger partial charge in [-0.3, -0.25) is 0 Å². The van der Waals surface area contributed by atoms with Gasteiger partial charge in [-0.05, 0) is 24.0 Å². The lowest BCUT2D eigenvalue weighted by Gasteiger charge is -2.13. The largest absolute Gasteiger partial charge is 0.493 e. The summed E-state index contributed by atoms with van der Waals surface area (Å²) in [6.07, 6.45) is 7.89. The Kier molecular flexibility index (Phi) is 7.55. The highest BCUT2D eigenvalue weighted by molar-refractivity contribution is 5.35. The zero-order valence-corrected chi connectivity index (χ0v) is 12.2. The molecule has 1 nitrogen and oxygen atoms in total. The van der Waals surface area contributed by atoms with Crippen LogP contribution in [0.25, 0.3) is 0 Å². The number of para-hydroxylation sites is 1. The summed E-state index contributed by atoms with van der Waals surface area (Å²) in [7, 11) is 0. The molecule has 0 atom stereocenters. The summed E-state index contributed by atoms with van der Waals surface area (Å²) in [6, 6.07) is 8.41. The molecule has 0 bridgehead atoms. The molecule has 0 heterocycles. The van der Waals surface area contributed by atoms with Gasteiger partial charge in [-0.15, -0.1) is 0 Å². The molecular weight excluding hydrogens is 220 g/mol. The molecule has 0 aromatic heterocycles. The van der Waals surface area contributed by atoms with Crippen molar-refractivity contribution in [2.24, 2.45) is 0 Å². The van der Waals surface area contributed by atoms with Gasteiger partial charge in [0.05, 0.1) is 6.61 Å². The number of hydrogen-bond donors (Lipinski definition) is 0. The van der Waals surface area contributed by atoms with Gasteiger partial charge < -0.3 is 4.74 Å². The molecule has 0 spiro atoms. The lowest BCUT2D eigenvalue weighted by atomic mass is 10.0. The van der Waals surface area contributed by atoms with Gasteiger partial charge in [0, 0.05) is 0 Å². The predicted molar refractivity (Wildman–Crippen MR) is 79.4 cm³/mol. The van der Waals surface area contributed by atoms with Crippen molar-refractivity contribution in [1.82, 2.24) is 0 Å². The van der Waals surface area contributed by atoms with Crippen LogP contribution < -0.4 is 4.74 Å². The molecule has 0 aliphatic rings. The SMILES string of the molecule is CCCCCCCCOc1ccccc1C(C)C. The Bertz CT molecular complexity index is 317. The van der Waals surface area contributed by atoms with Crippen LogP contribution in [0.4, 0.5) is 0 Å². The summed E-state index contributed by atoms with van der Waals surface area (Å²) >= 11 is 0. The normalized spacial score (nSPS) is 10.9. The Morgan fingerprint density at radius 1 is 0.944 bits per heavy atom. The van der Waals surface area contributed by atoms with Gasteiger partial charge in [-0.2, -0.15) is 0 Å². The topological polar surface area (TPSA) is 9.23 Å². The minimum atomic E-state index is 0.533. The molecular formula is C17H28O. The minimum Gasteiger partial charge on any atom is -0.493 e. The van der Waals surface area contributed by atoms with E-state index in [0.717, 1.165) is 12.4 Å². The second-order valence-corrected chi connectivity index (χ2v) is 5.31. The van der Waals surface area contributed by atoms with Crippen LogP contribution in [0.3, 0.4) is 0 Å². The van der Waals surface area contributed by atoms with E-state index in [2.05, 4.69) is 45.0 Å². The van der Waals surface area contributed by atoms with Crippen LogP contribution in [0.5, 0.6) is 5.75 Å². The highest BCUT2D eigenvalue weighted by Gasteiger charge is 2.06. The molecule has 1 aromatic carbocycles. The van der Waals surface area contributed by atoms with E-state index in [1.165, 1.54) is 44.1 Å². The molecule has 0 aliphatic heterocycles. The highest BCUT2D eigenvalue weighted by Crippen LogP contribution is 2.25. The molecule has 0 fully saturated rings. The van der Waals surface area contributed by atoms with Crippen LogP contribution in [0.2, 0.25) is 0 Å². The van der Waals surface area contributed by atoms with E-state index in [-0.39, 0.29) is 0 Å². The maximum absolute atomic E-state index is 5.90. The molecule has 0 amide bonds. The lowest BCUT2D eigenvalue weighted by molar-refractivity contribution is 0.300. The fourth-order valence-corrected chi connectivity index (χ4v) is 2.15. The maximum Gasteiger partial charge on any atom is 0.122 e. The lowest BCUT2D eigenvalue weighted by Crippen LogP contribution is -2.01. The first-order chi connectivity index (χ1) is 8.75. The third kappa shape index (κ3) is 5.57. The van der Waals surface area contributed by atoms with E-state index in [1.54, 1.807) is 0 Å². The highest BCUT2D eigenvalue weighted by atomic mass is 16.5. The van der Waals surface area contributed by atoms with Crippen LogP contribution in [0.15, 0.2) is 24.3 Å². The molecule has 0 radical (unpaired) electrons. The van der Waals surface area contributed by atoms with Crippen molar-refractivity contribution in [1.29, 1.82) is 0 Å². The summed E-state index contributed by atoms with van der Waals surface area (Å²) in [5.74, 6) is 1.60. The molecule has 102 valence electrons. The molecule has 0 saturated carbocycles. The second-order valence-electron chi connectivity index (χ2n) is 5.31. The van der Waals surface area contributed by atoms with Crippen LogP contribution >= 0.6 is 0 Å². The molecule has 1 aromatic rings. The first-order valence-electron chi connectivity index (χ1n) is 7.47. The van der Waals surface area contributed by atoms with Crippen molar-refractivity contribution in [2.45, 2.75) is 65.2 Å². The van der Waals surface area contributed by atoms with Crippen molar-refractivity contribution in [2.75, 3.05) is 6.61 Å². The Balaban J connectivity index is 2.23. The number of hydrogen-bond acceptors (Lipinski definition) is 1. The monoisotopic (exact) mass is 248 g/mol. The fraction of sp³-hybridized carbons (Fsp3) is 0.647. The van der Waals surface area contributed by atoms with E-state index in [1.807, 2.05) is 0 Å². The second kappa shape index (κ2) is 9.02. The van der Waals surface area contributed by atoms with Gasteiger partial charge in [0.25, 0.3) is 0 Å². The number of unbranched alkanes of at least 4 members (excludes halogenated alkanes) is 5. The van der Waals surface area contributed by atoms with Crippen molar-refractivity contribution in [3.8, 4) is 5.75 Å². The number of benzene rings is 1. The van der Waals surface area contributed by atoms with Gasteiger partial charge in [0.2, 0.25) is 0 Å².